The van der Waals surface area contributed by atoms with Crippen LogP contribution in [0.15, 0.2) is 28.7 Å². The van der Waals surface area contributed by atoms with Crippen molar-refractivity contribution in [2.24, 2.45) is 0 Å². The molecule has 0 bridgehead atoms. The second-order valence-corrected chi connectivity index (χ2v) is 3.83. The average molecular weight is 240 g/mol. The number of hydrogen-bond acceptors (Lipinski definition) is 1. The van der Waals surface area contributed by atoms with Gasteiger partial charge in [-0.2, -0.15) is 0 Å². The standard InChI is InChI=1S/C10H7BrFN/c1-6-2-3-7-4-8(11)5-9(12)10(7)13-6/h2-5H,1H3. The quantitative estimate of drug-likeness (QED) is 0.687. The number of nitrogens with zero attached hydrogens (tertiary/aromatic N) is 1. The highest BCUT2D eigenvalue weighted by atomic mass is 79.9. The van der Waals surface area contributed by atoms with E-state index in [1.165, 1.54) is 6.07 Å². The van der Waals surface area contributed by atoms with Crippen molar-refractivity contribution in [3.63, 3.8) is 0 Å². The molecule has 2 aromatic rings. The van der Waals surface area contributed by atoms with E-state index in [0.717, 1.165) is 15.6 Å². The largest absolute Gasteiger partial charge is 0.250 e. The molecule has 1 heterocycles. The van der Waals surface area contributed by atoms with E-state index < -0.39 is 0 Å². The lowest BCUT2D eigenvalue weighted by Gasteiger charge is -2.00. The number of hydrogen-bond donors (Lipinski definition) is 0. The normalized spacial score (nSPS) is 10.7. The van der Waals surface area contributed by atoms with Crippen molar-refractivity contribution in [2.45, 2.75) is 6.92 Å². The molecule has 0 amide bonds. The summed E-state index contributed by atoms with van der Waals surface area (Å²) in [4.78, 5) is 4.12. The predicted molar refractivity (Wildman–Crippen MR) is 54.1 cm³/mol. The molecule has 0 saturated heterocycles. The van der Waals surface area contributed by atoms with Crippen LogP contribution in [0.5, 0.6) is 0 Å². The molecule has 0 radical (unpaired) electrons. The van der Waals surface area contributed by atoms with Gasteiger partial charge in [-0.3, -0.25) is 4.98 Å². The molecule has 0 atom stereocenters. The van der Waals surface area contributed by atoms with Gasteiger partial charge in [0, 0.05) is 15.6 Å². The van der Waals surface area contributed by atoms with Crippen LogP contribution >= 0.6 is 15.9 Å². The average Bonchev–Trinajstić information content (AvgIpc) is 2.06. The van der Waals surface area contributed by atoms with Gasteiger partial charge in [0.25, 0.3) is 0 Å². The van der Waals surface area contributed by atoms with Crippen LogP contribution in [0.2, 0.25) is 0 Å². The monoisotopic (exact) mass is 239 g/mol. The second-order valence-electron chi connectivity index (χ2n) is 2.91. The van der Waals surface area contributed by atoms with Gasteiger partial charge in [0.1, 0.15) is 5.52 Å². The Balaban J connectivity index is 2.87. The highest BCUT2D eigenvalue weighted by Gasteiger charge is 2.03. The molecule has 1 nitrogen and oxygen atoms in total. The van der Waals surface area contributed by atoms with Crippen molar-refractivity contribution in [1.29, 1.82) is 0 Å². The second kappa shape index (κ2) is 3.07. The summed E-state index contributed by atoms with van der Waals surface area (Å²) in [6.07, 6.45) is 0. The summed E-state index contributed by atoms with van der Waals surface area (Å²) in [5.74, 6) is -0.284. The molecule has 1 aromatic heterocycles. The Labute approximate surface area is 83.7 Å². The molecule has 0 unspecified atom stereocenters. The zero-order valence-corrected chi connectivity index (χ0v) is 8.60. The van der Waals surface area contributed by atoms with Crippen molar-refractivity contribution >= 4 is 26.8 Å². The van der Waals surface area contributed by atoms with Crippen LogP contribution < -0.4 is 0 Å². The Morgan fingerprint density at radius 2 is 2.08 bits per heavy atom. The van der Waals surface area contributed by atoms with E-state index >= 15 is 0 Å². The van der Waals surface area contributed by atoms with Gasteiger partial charge in [0.2, 0.25) is 0 Å². The van der Waals surface area contributed by atoms with Crippen LogP contribution in [0.1, 0.15) is 5.69 Å². The predicted octanol–water partition coefficient (Wildman–Crippen LogP) is 3.44. The minimum Gasteiger partial charge on any atom is -0.250 e. The topological polar surface area (TPSA) is 12.9 Å². The Morgan fingerprint density at radius 1 is 1.31 bits per heavy atom. The summed E-state index contributed by atoms with van der Waals surface area (Å²) < 4.78 is 14.1. The lowest BCUT2D eigenvalue weighted by Crippen LogP contribution is -1.87. The fourth-order valence-electron chi connectivity index (χ4n) is 1.25. The van der Waals surface area contributed by atoms with E-state index in [-0.39, 0.29) is 5.82 Å². The third kappa shape index (κ3) is 1.56. The first-order valence-electron chi connectivity index (χ1n) is 3.89. The maximum absolute atomic E-state index is 13.3. The zero-order chi connectivity index (χ0) is 9.42. The Hall–Kier alpha value is -0.960. The first kappa shape index (κ1) is 8.63. The lowest BCUT2D eigenvalue weighted by molar-refractivity contribution is 0.635. The van der Waals surface area contributed by atoms with Crippen molar-refractivity contribution < 1.29 is 4.39 Å². The van der Waals surface area contributed by atoms with Crippen LogP contribution in [0.4, 0.5) is 4.39 Å². The number of rotatable bonds is 0. The van der Waals surface area contributed by atoms with Gasteiger partial charge in [-0.05, 0) is 25.1 Å². The minimum atomic E-state index is -0.284. The molecule has 0 aliphatic heterocycles. The molecule has 1 aromatic carbocycles. The van der Waals surface area contributed by atoms with Gasteiger partial charge in [0.05, 0.1) is 0 Å². The van der Waals surface area contributed by atoms with Gasteiger partial charge in [-0.25, -0.2) is 4.39 Å². The number of benzene rings is 1. The summed E-state index contributed by atoms with van der Waals surface area (Å²) in [7, 11) is 0. The van der Waals surface area contributed by atoms with Gasteiger partial charge in [0.15, 0.2) is 5.82 Å². The molecule has 0 aliphatic rings. The third-order valence-corrected chi connectivity index (χ3v) is 2.31. The summed E-state index contributed by atoms with van der Waals surface area (Å²) >= 11 is 3.23. The van der Waals surface area contributed by atoms with Gasteiger partial charge in [-0.1, -0.05) is 22.0 Å². The van der Waals surface area contributed by atoms with E-state index in [4.69, 9.17) is 0 Å². The highest BCUT2D eigenvalue weighted by Crippen LogP contribution is 2.21. The van der Waals surface area contributed by atoms with E-state index in [1.807, 2.05) is 25.1 Å². The first-order valence-corrected chi connectivity index (χ1v) is 4.68. The van der Waals surface area contributed by atoms with Crippen molar-refractivity contribution in [1.82, 2.24) is 4.98 Å². The molecule has 66 valence electrons. The zero-order valence-electron chi connectivity index (χ0n) is 7.01. The van der Waals surface area contributed by atoms with Crippen LogP contribution in [0.25, 0.3) is 10.9 Å². The number of aryl methyl sites for hydroxylation is 1. The Bertz CT molecular complexity index is 468. The van der Waals surface area contributed by atoms with Crippen molar-refractivity contribution in [3.05, 3.63) is 40.2 Å². The van der Waals surface area contributed by atoms with E-state index in [0.29, 0.717) is 5.52 Å². The van der Waals surface area contributed by atoms with E-state index in [1.54, 1.807) is 0 Å². The number of pyridine rings is 1. The molecular formula is C10H7BrFN. The van der Waals surface area contributed by atoms with Crippen molar-refractivity contribution in [2.75, 3.05) is 0 Å². The maximum Gasteiger partial charge on any atom is 0.150 e. The molecule has 0 N–H and O–H groups in total. The first-order chi connectivity index (χ1) is 6.16. The third-order valence-electron chi connectivity index (χ3n) is 1.85. The van der Waals surface area contributed by atoms with Crippen LogP contribution in [0, 0.1) is 12.7 Å². The van der Waals surface area contributed by atoms with E-state index in [9.17, 15) is 4.39 Å². The van der Waals surface area contributed by atoms with E-state index in [2.05, 4.69) is 20.9 Å². The van der Waals surface area contributed by atoms with Gasteiger partial charge >= 0.3 is 0 Å². The SMILES string of the molecule is Cc1ccc2cc(Br)cc(F)c2n1. The number of halogens is 2. The summed E-state index contributed by atoms with van der Waals surface area (Å²) in [5.41, 5.74) is 1.26. The van der Waals surface area contributed by atoms with Crippen LogP contribution in [-0.2, 0) is 0 Å². The fraction of sp³-hybridized carbons (Fsp3) is 0.100. The molecule has 3 heteroatoms. The smallest absolute Gasteiger partial charge is 0.150 e. The lowest BCUT2D eigenvalue weighted by atomic mass is 10.2. The molecule has 0 spiro atoms. The van der Waals surface area contributed by atoms with Gasteiger partial charge in [-0.15, -0.1) is 0 Å². The number of fused-ring (bicyclic) bond motifs is 1. The highest BCUT2D eigenvalue weighted by molar-refractivity contribution is 9.10. The number of aromatic nitrogens is 1. The maximum atomic E-state index is 13.3. The summed E-state index contributed by atoms with van der Waals surface area (Å²) in [6, 6.07) is 7.01. The molecule has 2 rings (SSSR count). The van der Waals surface area contributed by atoms with Gasteiger partial charge < -0.3 is 0 Å². The molecular weight excluding hydrogens is 233 g/mol. The molecule has 0 fully saturated rings. The van der Waals surface area contributed by atoms with Crippen LogP contribution in [0.3, 0.4) is 0 Å². The molecule has 0 aliphatic carbocycles. The minimum absolute atomic E-state index is 0.284. The van der Waals surface area contributed by atoms with Crippen LogP contribution in [-0.4, -0.2) is 4.98 Å². The molecule has 0 saturated carbocycles. The summed E-state index contributed by atoms with van der Waals surface area (Å²) in [6.45, 7) is 1.85. The molecule has 13 heavy (non-hydrogen) atoms. The Morgan fingerprint density at radius 3 is 2.85 bits per heavy atom. The van der Waals surface area contributed by atoms with Crippen molar-refractivity contribution in [3.8, 4) is 0 Å². The fourth-order valence-corrected chi connectivity index (χ4v) is 1.70. The Kier molecular flexibility index (Phi) is 2.04. The summed E-state index contributed by atoms with van der Waals surface area (Å²) in [5, 5.41) is 0.817.